The molecule has 1 atom stereocenters. The van der Waals surface area contributed by atoms with E-state index in [9.17, 15) is 4.39 Å². The zero-order valence-corrected chi connectivity index (χ0v) is 12.9. The van der Waals surface area contributed by atoms with E-state index >= 15 is 0 Å². The number of aryl methyl sites for hydroxylation is 1. The SMILES string of the molecule is CCCNCC(Cc1cccc(C)c1)c1cccc(F)c1. The Morgan fingerprint density at radius 3 is 2.62 bits per heavy atom. The molecular formula is C19H24FN. The Morgan fingerprint density at radius 1 is 1.10 bits per heavy atom. The van der Waals surface area contributed by atoms with Gasteiger partial charge in [0, 0.05) is 12.5 Å². The monoisotopic (exact) mass is 285 g/mol. The van der Waals surface area contributed by atoms with E-state index in [1.165, 1.54) is 17.2 Å². The van der Waals surface area contributed by atoms with E-state index in [-0.39, 0.29) is 5.82 Å². The van der Waals surface area contributed by atoms with E-state index in [2.05, 4.69) is 43.4 Å². The van der Waals surface area contributed by atoms with Gasteiger partial charge >= 0.3 is 0 Å². The second-order valence-electron chi connectivity index (χ2n) is 5.65. The summed E-state index contributed by atoms with van der Waals surface area (Å²) >= 11 is 0. The quantitative estimate of drug-likeness (QED) is 0.741. The summed E-state index contributed by atoms with van der Waals surface area (Å²) < 4.78 is 13.5. The lowest BCUT2D eigenvalue weighted by molar-refractivity contribution is 0.569. The second kappa shape index (κ2) is 7.94. The Labute approximate surface area is 127 Å². The van der Waals surface area contributed by atoms with Crippen LogP contribution >= 0.6 is 0 Å². The standard InChI is InChI=1S/C19H24FN/c1-3-10-21-14-18(17-8-5-9-19(20)13-17)12-16-7-4-6-15(2)11-16/h4-9,11,13,18,21H,3,10,12,14H2,1-2H3. The minimum atomic E-state index is -0.155. The molecule has 0 saturated heterocycles. The van der Waals surface area contributed by atoms with Crippen LogP contribution in [0.4, 0.5) is 4.39 Å². The number of rotatable bonds is 7. The lowest BCUT2D eigenvalue weighted by Crippen LogP contribution is -2.23. The highest BCUT2D eigenvalue weighted by Gasteiger charge is 2.13. The van der Waals surface area contributed by atoms with E-state index in [0.717, 1.165) is 31.5 Å². The summed E-state index contributed by atoms with van der Waals surface area (Å²) in [6, 6.07) is 15.6. The maximum atomic E-state index is 13.5. The molecule has 2 rings (SSSR count). The van der Waals surface area contributed by atoms with Crippen LogP contribution in [0, 0.1) is 12.7 Å². The van der Waals surface area contributed by atoms with Gasteiger partial charge in [0.1, 0.15) is 5.82 Å². The van der Waals surface area contributed by atoms with Gasteiger partial charge in [-0.05, 0) is 49.6 Å². The summed E-state index contributed by atoms with van der Waals surface area (Å²) in [5.74, 6) is 0.145. The smallest absolute Gasteiger partial charge is 0.123 e. The number of hydrogen-bond donors (Lipinski definition) is 1. The molecule has 0 amide bonds. The van der Waals surface area contributed by atoms with Crippen molar-refractivity contribution in [3.05, 3.63) is 71.0 Å². The summed E-state index contributed by atoms with van der Waals surface area (Å²) in [7, 11) is 0. The highest BCUT2D eigenvalue weighted by atomic mass is 19.1. The van der Waals surface area contributed by atoms with Gasteiger partial charge in [0.05, 0.1) is 0 Å². The maximum absolute atomic E-state index is 13.5. The third kappa shape index (κ3) is 4.98. The number of halogens is 1. The molecule has 2 heteroatoms. The van der Waals surface area contributed by atoms with Crippen LogP contribution in [0.2, 0.25) is 0 Å². The largest absolute Gasteiger partial charge is 0.316 e. The Bertz CT molecular complexity index is 565. The predicted molar refractivity (Wildman–Crippen MR) is 87.2 cm³/mol. The normalized spacial score (nSPS) is 12.3. The van der Waals surface area contributed by atoms with Crippen LogP contribution in [0.5, 0.6) is 0 Å². The lowest BCUT2D eigenvalue weighted by atomic mass is 9.91. The van der Waals surface area contributed by atoms with Gasteiger partial charge in [0.15, 0.2) is 0 Å². The van der Waals surface area contributed by atoms with Crippen LogP contribution < -0.4 is 5.32 Å². The highest BCUT2D eigenvalue weighted by Crippen LogP contribution is 2.22. The van der Waals surface area contributed by atoms with Crippen LogP contribution in [0.1, 0.15) is 36.0 Å². The lowest BCUT2D eigenvalue weighted by Gasteiger charge is -2.19. The van der Waals surface area contributed by atoms with Gasteiger partial charge in [-0.15, -0.1) is 0 Å². The minimum absolute atomic E-state index is 0.155. The molecule has 1 N–H and O–H groups in total. The summed E-state index contributed by atoms with van der Waals surface area (Å²) in [5, 5.41) is 3.47. The fourth-order valence-electron chi connectivity index (χ4n) is 2.65. The van der Waals surface area contributed by atoms with Gasteiger partial charge in [-0.1, -0.05) is 48.9 Å². The first kappa shape index (κ1) is 15.7. The Kier molecular flexibility index (Phi) is 5.94. The minimum Gasteiger partial charge on any atom is -0.316 e. The summed E-state index contributed by atoms with van der Waals surface area (Å²) in [4.78, 5) is 0. The van der Waals surface area contributed by atoms with Crippen molar-refractivity contribution in [1.29, 1.82) is 0 Å². The summed E-state index contributed by atoms with van der Waals surface area (Å²) in [5.41, 5.74) is 3.65. The van der Waals surface area contributed by atoms with Crippen LogP contribution in [0.25, 0.3) is 0 Å². The van der Waals surface area contributed by atoms with Crippen molar-refractivity contribution in [3.63, 3.8) is 0 Å². The van der Waals surface area contributed by atoms with E-state index < -0.39 is 0 Å². The topological polar surface area (TPSA) is 12.0 Å². The molecule has 0 fully saturated rings. The molecule has 0 heterocycles. The molecule has 0 aliphatic rings. The van der Waals surface area contributed by atoms with Crippen molar-refractivity contribution in [1.82, 2.24) is 5.32 Å². The fourth-order valence-corrected chi connectivity index (χ4v) is 2.65. The molecule has 112 valence electrons. The molecule has 2 aromatic rings. The van der Waals surface area contributed by atoms with Gasteiger partial charge in [-0.25, -0.2) is 4.39 Å². The third-order valence-corrected chi connectivity index (χ3v) is 3.70. The van der Waals surface area contributed by atoms with E-state index in [4.69, 9.17) is 0 Å². The molecule has 1 unspecified atom stereocenters. The molecule has 0 saturated carbocycles. The van der Waals surface area contributed by atoms with Crippen molar-refractivity contribution in [2.75, 3.05) is 13.1 Å². The second-order valence-corrected chi connectivity index (χ2v) is 5.65. The molecular weight excluding hydrogens is 261 g/mol. The van der Waals surface area contributed by atoms with Gasteiger partial charge in [0.2, 0.25) is 0 Å². The maximum Gasteiger partial charge on any atom is 0.123 e. The number of hydrogen-bond acceptors (Lipinski definition) is 1. The molecule has 1 nitrogen and oxygen atoms in total. The summed E-state index contributed by atoms with van der Waals surface area (Å²) in [6.07, 6.45) is 2.04. The molecule has 0 spiro atoms. The molecule has 0 aliphatic heterocycles. The average Bonchev–Trinajstić information content (AvgIpc) is 2.46. The zero-order chi connectivity index (χ0) is 15.1. The third-order valence-electron chi connectivity index (χ3n) is 3.70. The van der Waals surface area contributed by atoms with E-state index in [1.807, 2.05) is 6.07 Å². The van der Waals surface area contributed by atoms with Gasteiger partial charge < -0.3 is 5.32 Å². The highest BCUT2D eigenvalue weighted by molar-refractivity contribution is 5.27. The van der Waals surface area contributed by atoms with Crippen molar-refractivity contribution >= 4 is 0 Å². The van der Waals surface area contributed by atoms with E-state index in [0.29, 0.717) is 5.92 Å². The van der Waals surface area contributed by atoms with Crippen LogP contribution in [-0.2, 0) is 6.42 Å². The van der Waals surface area contributed by atoms with Gasteiger partial charge in [-0.2, -0.15) is 0 Å². The van der Waals surface area contributed by atoms with Crippen molar-refractivity contribution < 1.29 is 4.39 Å². The molecule has 0 bridgehead atoms. The predicted octanol–water partition coefficient (Wildman–Crippen LogP) is 4.46. The molecule has 21 heavy (non-hydrogen) atoms. The molecule has 0 radical (unpaired) electrons. The Morgan fingerprint density at radius 2 is 1.90 bits per heavy atom. The van der Waals surface area contributed by atoms with Crippen molar-refractivity contribution in [2.45, 2.75) is 32.6 Å². The van der Waals surface area contributed by atoms with Crippen molar-refractivity contribution in [2.24, 2.45) is 0 Å². The van der Waals surface area contributed by atoms with Crippen LogP contribution in [0.3, 0.4) is 0 Å². The first-order chi connectivity index (χ1) is 10.2. The molecule has 2 aromatic carbocycles. The van der Waals surface area contributed by atoms with E-state index in [1.54, 1.807) is 12.1 Å². The number of benzene rings is 2. The molecule has 0 aliphatic carbocycles. The van der Waals surface area contributed by atoms with Gasteiger partial charge in [-0.3, -0.25) is 0 Å². The van der Waals surface area contributed by atoms with Gasteiger partial charge in [0.25, 0.3) is 0 Å². The first-order valence-corrected chi connectivity index (χ1v) is 7.70. The Hall–Kier alpha value is -1.67. The van der Waals surface area contributed by atoms with Crippen molar-refractivity contribution in [3.8, 4) is 0 Å². The average molecular weight is 285 g/mol. The molecule has 0 aromatic heterocycles. The number of nitrogens with one attached hydrogen (secondary N) is 1. The fraction of sp³-hybridized carbons (Fsp3) is 0.368. The summed E-state index contributed by atoms with van der Waals surface area (Å²) in [6.45, 7) is 6.14. The Balaban J connectivity index is 2.15. The first-order valence-electron chi connectivity index (χ1n) is 7.70. The van der Waals surface area contributed by atoms with Crippen LogP contribution in [-0.4, -0.2) is 13.1 Å². The van der Waals surface area contributed by atoms with Crippen LogP contribution in [0.15, 0.2) is 48.5 Å². The zero-order valence-electron chi connectivity index (χ0n) is 12.9.